The lowest BCUT2D eigenvalue weighted by Gasteiger charge is -2.30. The molecule has 1 aliphatic rings. The van der Waals surface area contributed by atoms with E-state index >= 15 is 0 Å². The highest BCUT2D eigenvalue weighted by atomic mass is 19.1. The number of ether oxygens (including phenoxy) is 1. The topological polar surface area (TPSA) is 45.3 Å². The average Bonchev–Trinajstić information content (AvgIpc) is 2.75. The fourth-order valence-corrected chi connectivity index (χ4v) is 2.71. The molecule has 2 aromatic rings. The Kier molecular flexibility index (Phi) is 3.15. The SMILES string of the molecule is CC(C)(C)OC(=O)N1CCc2[nH]c3cccc(F)c3c2C1. The molecule has 0 atom stereocenters. The second-order valence-electron chi connectivity index (χ2n) is 6.40. The summed E-state index contributed by atoms with van der Waals surface area (Å²) in [5, 5.41) is 0.584. The predicted octanol–water partition coefficient (Wildman–Crippen LogP) is 3.60. The minimum absolute atomic E-state index is 0.254. The molecule has 4 nitrogen and oxygen atoms in total. The molecule has 112 valence electrons. The number of aromatic nitrogens is 1. The third kappa shape index (κ3) is 2.60. The molecule has 1 aromatic heterocycles. The number of benzene rings is 1. The first kappa shape index (κ1) is 13.9. The van der Waals surface area contributed by atoms with E-state index in [0.29, 0.717) is 24.9 Å². The Morgan fingerprint density at radius 3 is 2.86 bits per heavy atom. The summed E-state index contributed by atoms with van der Waals surface area (Å²) in [6, 6.07) is 4.99. The van der Waals surface area contributed by atoms with E-state index < -0.39 is 5.60 Å². The first-order valence-electron chi connectivity index (χ1n) is 7.11. The number of hydrogen-bond acceptors (Lipinski definition) is 2. The van der Waals surface area contributed by atoms with Crippen molar-refractivity contribution in [3.63, 3.8) is 0 Å². The van der Waals surface area contributed by atoms with Crippen molar-refractivity contribution in [2.45, 2.75) is 39.3 Å². The Balaban J connectivity index is 1.91. The van der Waals surface area contributed by atoms with E-state index in [1.54, 1.807) is 11.0 Å². The summed E-state index contributed by atoms with van der Waals surface area (Å²) in [5.74, 6) is -0.254. The molecule has 0 radical (unpaired) electrons. The van der Waals surface area contributed by atoms with Gasteiger partial charge in [0.2, 0.25) is 0 Å². The number of carbonyl (C=O) groups is 1. The Hall–Kier alpha value is -2.04. The summed E-state index contributed by atoms with van der Waals surface area (Å²) in [5.41, 5.74) is 2.13. The molecule has 1 aromatic carbocycles. The van der Waals surface area contributed by atoms with E-state index in [-0.39, 0.29) is 11.9 Å². The Morgan fingerprint density at radius 2 is 2.14 bits per heavy atom. The van der Waals surface area contributed by atoms with E-state index in [0.717, 1.165) is 16.8 Å². The maximum Gasteiger partial charge on any atom is 0.410 e. The number of halogens is 1. The van der Waals surface area contributed by atoms with Gasteiger partial charge in [-0.25, -0.2) is 9.18 Å². The van der Waals surface area contributed by atoms with Crippen molar-refractivity contribution >= 4 is 17.0 Å². The van der Waals surface area contributed by atoms with Crippen LogP contribution in [-0.2, 0) is 17.7 Å². The molecule has 0 fully saturated rings. The second-order valence-corrected chi connectivity index (χ2v) is 6.40. The number of nitrogens with zero attached hydrogens (tertiary/aromatic N) is 1. The fraction of sp³-hybridized carbons (Fsp3) is 0.438. The lowest BCUT2D eigenvalue weighted by molar-refractivity contribution is 0.0224. The van der Waals surface area contributed by atoms with Crippen molar-refractivity contribution in [1.82, 2.24) is 9.88 Å². The largest absolute Gasteiger partial charge is 0.444 e. The minimum Gasteiger partial charge on any atom is -0.444 e. The summed E-state index contributed by atoms with van der Waals surface area (Å²) in [7, 11) is 0. The molecule has 2 heterocycles. The number of aromatic amines is 1. The summed E-state index contributed by atoms with van der Waals surface area (Å²) in [4.78, 5) is 17.0. The van der Waals surface area contributed by atoms with Gasteiger partial charge in [0.1, 0.15) is 11.4 Å². The molecule has 0 aliphatic carbocycles. The Labute approximate surface area is 122 Å². The normalized spacial score (nSPS) is 15.1. The van der Waals surface area contributed by atoms with E-state index in [2.05, 4.69) is 4.98 Å². The van der Waals surface area contributed by atoms with E-state index in [4.69, 9.17) is 4.74 Å². The summed E-state index contributed by atoms with van der Waals surface area (Å²) < 4.78 is 19.4. The van der Waals surface area contributed by atoms with Crippen LogP contribution in [0.15, 0.2) is 18.2 Å². The Bertz CT molecular complexity index is 700. The van der Waals surface area contributed by atoms with Crippen LogP contribution in [0.25, 0.3) is 10.9 Å². The highest BCUT2D eigenvalue weighted by molar-refractivity contribution is 5.86. The summed E-state index contributed by atoms with van der Waals surface area (Å²) in [6.07, 6.45) is 0.335. The standard InChI is InChI=1S/C16H19FN2O2/c1-16(2,3)21-15(20)19-8-7-12-10(9-19)14-11(17)5-4-6-13(14)18-12/h4-6,18H,7-9H2,1-3H3. The zero-order valence-corrected chi connectivity index (χ0v) is 12.5. The van der Waals surface area contributed by atoms with Crippen molar-refractivity contribution in [2.24, 2.45) is 0 Å². The lowest BCUT2D eigenvalue weighted by Crippen LogP contribution is -2.39. The van der Waals surface area contributed by atoms with Gasteiger partial charge in [-0.05, 0) is 32.9 Å². The number of nitrogens with one attached hydrogen (secondary N) is 1. The van der Waals surface area contributed by atoms with Crippen LogP contribution in [0.3, 0.4) is 0 Å². The molecular formula is C16H19FN2O2. The molecule has 0 spiro atoms. The van der Waals surface area contributed by atoms with Gasteiger partial charge in [-0.3, -0.25) is 0 Å². The number of fused-ring (bicyclic) bond motifs is 3. The van der Waals surface area contributed by atoms with Crippen LogP contribution in [0.1, 0.15) is 32.0 Å². The van der Waals surface area contributed by atoms with Crippen LogP contribution >= 0.6 is 0 Å². The fourth-order valence-electron chi connectivity index (χ4n) is 2.71. The van der Waals surface area contributed by atoms with Crippen LogP contribution in [0.2, 0.25) is 0 Å². The molecule has 1 aliphatic heterocycles. The summed E-state index contributed by atoms with van der Waals surface area (Å²) in [6.45, 7) is 6.48. The smallest absolute Gasteiger partial charge is 0.410 e. The van der Waals surface area contributed by atoms with Crippen LogP contribution in [0, 0.1) is 5.82 Å². The average molecular weight is 290 g/mol. The lowest BCUT2D eigenvalue weighted by atomic mass is 10.0. The highest BCUT2D eigenvalue weighted by Crippen LogP contribution is 2.30. The molecular weight excluding hydrogens is 271 g/mol. The first-order valence-corrected chi connectivity index (χ1v) is 7.11. The maximum atomic E-state index is 14.1. The molecule has 3 rings (SSSR count). The number of carbonyl (C=O) groups excluding carboxylic acids is 1. The number of H-pyrrole nitrogens is 1. The number of rotatable bonds is 0. The quantitative estimate of drug-likeness (QED) is 0.805. The van der Waals surface area contributed by atoms with Crippen LogP contribution < -0.4 is 0 Å². The van der Waals surface area contributed by atoms with Gasteiger partial charge in [-0.1, -0.05) is 6.07 Å². The van der Waals surface area contributed by atoms with Crippen molar-refractivity contribution in [3.8, 4) is 0 Å². The van der Waals surface area contributed by atoms with Crippen molar-refractivity contribution in [3.05, 3.63) is 35.3 Å². The summed E-state index contributed by atoms with van der Waals surface area (Å²) >= 11 is 0. The van der Waals surface area contributed by atoms with E-state index in [1.165, 1.54) is 6.07 Å². The molecule has 0 unspecified atom stereocenters. The van der Waals surface area contributed by atoms with Gasteiger partial charge in [0.05, 0.1) is 6.54 Å². The molecule has 0 saturated heterocycles. The Morgan fingerprint density at radius 1 is 1.38 bits per heavy atom. The molecule has 5 heteroatoms. The van der Waals surface area contributed by atoms with Crippen molar-refractivity contribution in [2.75, 3.05) is 6.54 Å². The van der Waals surface area contributed by atoms with Gasteiger partial charge in [0.15, 0.2) is 0 Å². The van der Waals surface area contributed by atoms with E-state index in [9.17, 15) is 9.18 Å². The number of hydrogen-bond donors (Lipinski definition) is 1. The number of amides is 1. The molecule has 0 bridgehead atoms. The van der Waals surface area contributed by atoms with Crippen LogP contribution in [0.4, 0.5) is 9.18 Å². The van der Waals surface area contributed by atoms with Gasteiger partial charge >= 0.3 is 6.09 Å². The van der Waals surface area contributed by atoms with Gasteiger partial charge in [0.25, 0.3) is 0 Å². The predicted molar refractivity (Wildman–Crippen MR) is 78.6 cm³/mol. The second kappa shape index (κ2) is 4.76. The van der Waals surface area contributed by atoms with Crippen LogP contribution in [-0.4, -0.2) is 28.1 Å². The van der Waals surface area contributed by atoms with Gasteiger partial charge in [0, 0.05) is 35.1 Å². The minimum atomic E-state index is -0.525. The zero-order chi connectivity index (χ0) is 15.2. The zero-order valence-electron chi connectivity index (χ0n) is 12.5. The molecule has 1 amide bonds. The molecule has 21 heavy (non-hydrogen) atoms. The molecule has 0 saturated carbocycles. The van der Waals surface area contributed by atoms with Gasteiger partial charge in [-0.15, -0.1) is 0 Å². The van der Waals surface area contributed by atoms with Gasteiger partial charge in [-0.2, -0.15) is 0 Å². The van der Waals surface area contributed by atoms with Crippen molar-refractivity contribution in [1.29, 1.82) is 0 Å². The molecule has 1 N–H and O–H groups in total. The highest BCUT2D eigenvalue weighted by Gasteiger charge is 2.28. The third-order valence-corrected chi connectivity index (χ3v) is 3.60. The van der Waals surface area contributed by atoms with E-state index in [1.807, 2.05) is 26.8 Å². The van der Waals surface area contributed by atoms with Crippen molar-refractivity contribution < 1.29 is 13.9 Å². The monoisotopic (exact) mass is 290 g/mol. The van der Waals surface area contributed by atoms with Gasteiger partial charge < -0.3 is 14.6 Å². The third-order valence-electron chi connectivity index (χ3n) is 3.60. The van der Waals surface area contributed by atoms with Crippen LogP contribution in [0.5, 0.6) is 0 Å². The first-order chi connectivity index (χ1) is 9.85. The maximum absolute atomic E-state index is 14.1.